The monoisotopic (exact) mass is 292 g/mol. The van der Waals surface area contributed by atoms with Crippen LogP contribution in [0.25, 0.3) is 0 Å². The van der Waals surface area contributed by atoms with E-state index in [1.807, 2.05) is 41.5 Å². The number of hydrogen-bond donors (Lipinski definition) is 0. The van der Waals surface area contributed by atoms with Crippen molar-refractivity contribution in [3.05, 3.63) is 34.9 Å². The molecule has 2 unspecified atom stereocenters. The Morgan fingerprint density at radius 2 is 1.38 bits per heavy atom. The van der Waals surface area contributed by atoms with Crippen LogP contribution in [0.15, 0.2) is 18.2 Å². The van der Waals surface area contributed by atoms with E-state index in [0.29, 0.717) is 5.41 Å². The second-order valence-electron chi connectivity index (χ2n) is 5.85. The van der Waals surface area contributed by atoms with Crippen LogP contribution in [0.4, 0.5) is 0 Å². The minimum Gasteiger partial charge on any atom is -0.0683 e. The molecular weight excluding hydrogens is 252 g/mol. The van der Waals surface area contributed by atoms with Crippen molar-refractivity contribution in [2.24, 2.45) is 5.92 Å². The summed E-state index contributed by atoms with van der Waals surface area (Å²) in [6, 6.07) is 6.98. The van der Waals surface area contributed by atoms with E-state index in [-0.39, 0.29) is 0 Å². The largest absolute Gasteiger partial charge is 0.0683 e. The molecule has 124 valence electrons. The number of rotatable bonds is 0. The van der Waals surface area contributed by atoms with E-state index in [2.05, 4.69) is 52.8 Å². The highest BCUT2D eigenvalue weighted by Crippen LogP contribution is 2.46. The number of hydrogen-bond acceptors (Lipinski definition) is 0. The van der Waals surface area contributed by atoms with Crippen LogP contribution in [0.2, 0.25) is 0 Å². The third kappa shape index (κ3) is 5.49. The van der Waals surface area contributed by atoms with Gasteiger partial charge in [-0.3, -0.25) is 0 Å². The summed E-state index contributed by atoms with van der Waals surface area (Å²) in [6.07, 6.45) is 1.32. The Kier molecular flexibility index (Phi) is 11.7. The number of aryl methyl sites for hydroxylation is 1. The van der Waals surface area contributed by atoms with Crippen molar-refractivity contribution in [2.75, 3.05) is 0 Å². The molecule has 0 amide bonds. The first-order valence-corrected chi connectivity index (χ1v) is 9.04. The van der Waals surface area contributed by atoms with E-state index < -0.39 is 0 Å². The van der Waals surface area contributed by atoms with Crippen LogP contribution in [0, 0.1) is 12.8 Å². The second-order valence-corrected chi connectivity index (χ2v) is 5.85. The van der Waals surface area contributed by atoms with E-state index in [0.717, 1.165) is 11.8 Å². The molecule has 0 aliphatic heterocycles. The molecule has 0 spiro atoms. The lowest BCUT2D eigenvalue weighted by Crippen LogP contribution is -2.33. The molecule has 21 heavy (non-hydrogen) atoms. The summed E-state index contributed by atoms with van der Waals surface area (Å²) in [4.78, 5) is 0. The van der Waals surface area contributed by atoms with Gasteiger partial charge in [-0.1, -0.05) is 93.0 Å². The summed E-state index contributed by atoms with van der Waals surface area (Å²) in [5.41, 5.74) is 4.88. The Labute approximate surface area is 135 Å². The summed E-state index contributed by atoms with van der Waals surface area (Å²) in [5.74, 6) is 1.51. The first-order valence-electron chi connectivity index (χ1n) is 9.04. The van der Waals surface area contributed by atoms with Gasteiger partial charge in [0.15, 0.2) is 0 Å². The van der Waals surface area contributed by atoms with Gasteiger partial charge in [0.25, 0.3) is 0 Å². The second kappa shape index (κ2) is 10.9. The van der Waals surface area contributed by atoms with Crippen LogP contribution >= 0.6 is 0 Å². The molecule has 1 aliphatic carbocycles. The van der Waals surface area contributed by atoms with Gasteiger partial charge < -0.3 is 0 Å². The van der Waals surface area contributed by atoms with Gasteiger partial charge >= 0.3 is 0 Å². The average molecular weight is 293 g/mol. The lowest BCUT2D eigenvalue weighted by atomic mass is 9.63. The fraction of sp³-hybridized carbons (Fsp3) is 0.714. The molecule has 0 saturated heterocycles. The zero-order valence-electron chi connectivity index (χ0n) is 16.6. The average Bonchev–Trinajstić information content (AvgIpc) is 2.51. The highest BCUT2D eigenvalue weighted by atomic mass is 14.4. The van der Waals surface area contributed by atoms with Crippen molar-refractivity contribution in [1.82, 2.24) is 0 Å². The van der Waals surface area contributed by atoms with Gasteiger partial charge in [-0.2, -0.15) is 0 Å². The Balaban J connectivity index is 0. The first kappa shape index (κ1) is 22.5. The summed E-state index contributed by atoms with van der Waals surface area (Å²) in [6.45, 7) is 23.7. The molecule has 0 heterocycles. The van der Waals surface area contributed by atoms with E-state index in [1.54, 1.807) is 11.1 Å². The molecule has 0 aromatic heterocycles. The van der Waals surface area contributed by atoms with Crippen LogP contribution in [-0.4, -0.2) is 0 Å². The molecule has 2 atom stereocenters. The lowest BCUT2D eigenvalue weighted by molar-refractivity contribution is 0.281. The highest BCUT2D eigenvalue weighted by molar-refractivity contribution is 5.41. The van der Waals surface area contributed by atoms with Gasteiger partial charge in [0.05, 0.1) is 0 Å². The van der Waals surface area contributed by atoms with Crippen LogP contribution in [0.1, 0.15) is 98.3 Å². The third-order valence-corrected chi connectivity index (χ3v) is 4.37. The SMILES string of the molecule is CC.CC.CC.Cc1ccc2c(c1)C(C)(C)C(C)CC2C. The van der Waals surface area contributed by atoms with E-state index >= 15 is 0 Å². The van der Waals surface area contributed by atoms with Gasteiger partial charge in [-0.05, 0) is 41.7 Å². The summed E-state index contributed by atoms with van der Waals surface area (Å²) < 4.78 is 0. The van der Waals surface area contributed by atoms with Crippen LogP contribution in [0.3, 0.4) is 0 Å². The highest BCUT2D eigenvalue weighted by Gasteiger charge is 2.36. The van der Waals surface area contributed by atoms with Gasteiger partial charge in [-0.25, -0.2) is 0 Å². The predicted molar refractivity (Wildman–Crippen MR) is 100 cm³/mol. The van der Waals surface area contributed by atoms with E-state index in [1.165, 1.54) is 12.0 Å². The summed E-state index contributed by atoms with van der Waals surface area (Å²) in [7, 11) is 0. The Bertz CT molecular complexity index is 374. The molecule has 0 fully saturated rings. The van der Waals surface area contributed by atoms with Crippen molar-refractivity contribution >= 4 is 0 Å². The van der Waals surface area contributed by atoms with Crippen molar-refractivity contribution in [3.8, 4) is 0 Å². The van der Waals surface area contributed by atoms with E-state index in [4.69, 9.17) is 0 Å². The topological polar surface area (TPSA) is 0 Å². The maximum Gasteiger partial charge on any atom is -0.00748 e. The maximum absolute atomic E-state index is 2.39. The molecule has 1 aromatic carbocycles. The lowest BCUT2D eigenvalue weighted by Gasteiger charge is -2.41. The quantitative estimate of drug-likeness (QED) is 0.464. The Morgan fingerprint density at radius 3 is 1.86 bits per heavy atom. The Hall–Kier alpha value is -0.780. The van der Waals surface area contributed by atoms with Crippen LogP contribution < -0.4 is 0 Å². The number of fused-ring (bicyclic) bond motifs is 1. The summed E-state index contributed by atoms with van der Waals surface area (Å²) in [5, 5.41) is 0. The molecule has 0 heteroatoms. The summed E-state index contributed by atoms with van der Waals surface area (Å²) >= 11 is 0. The standard InChI is InChI=1S/C15H22.3C2H6/c1-10-6-7-13-11(2)9-12(3)15(4,5)14(13)8-10;3*1-2/h6-8,11-12H,9H2,1-5H3;3*1-2H3. The molecule has 0 saturated carbocycles. The normalized spacial score (nSPS) is 21.3. The van der Waals surface area contributed by atoms with Crippen molar-refractivity contribution < 1.29 is 0 Å². The fourth-order valence-corrected chi connectivity index (χ4v) is 2.88. The minimum atomic E-state index is 0.341. The van der Waals surface area contributed by atoms with Crippen molar-refractivity contribution in [1.29, 1.82) is 0 Å². The molecular formula is C21H40. The van der Waals surface area contributed by atoms with Crippen LogP contribution in [-0.2, 0) is 5.41 Å². The van der Waals surface area contributed by atoms with Gasteiger partial charge in [0.2, 0.25) is 0 Å². The molecule has 0 bridgehead atoms. The van der Waals surface area contributed by atoms with E-state index in [9.17, 15) is 0 Å². The van der Waals surface area contributed by atoms with Crippen molar-refractivity contribution in [3.63, 3.8) is 0 Å². The fourth-order valence-electron chi connectivity index (χ4n) is 2.88. The smallest absolute Gasteiger partial charge is 0.00748 e. The number of benzene rings is 1. The molecule has 1 aliphatic rings. The molecule has 1 aromatic rings. The Morgan fingerprint density at radius 1 is 0.905 bits per heavy atom. The first-order chi connectivity index (χ1) is 9.93. The maximum atomic E-state index is 2.39. The van der Waals surface area contributed by atoms with Gasteiger partial charge in [0.1, 0.15) is 0 Å². The van der Waals surface area contributed by atoms with Gasteiger partial charge in [0, 0.05) is 0 Å². The molecule has 2 rings (SSSR count). The zero-order chi connectivity index (χ0) is 17.2. The van der Waals surface area contributed by atoms with Crippen LogP contribution in [0.5, 0.6) is 0 Å². The molecule has 0 nitrogen and oxygen atoms in total. The van der Waals surface area contributed by atoms with Crippen molar-refractivity contribution in [2.45, 2.75) is 93.9 Å². The minimum absolute atomic E-state index is 0.341. The third-order valence-electron chi connectivity index (χ3n) is 4.37. The predicted octanol–water partition coefficient (Wildman–Crippen LogP) is 7.49. The van der Waals surface area contributed by atoms with Gasteiger partial charge in [-0.15, -0.1) is 0 Å². The molecule has 0 N–H and O–H groups in total. The zero-order valence-corrected chi connectivity index (χ0v) is 16.6. The molecule has 0 radical (unpaired) electrons.